The van der Waals surface area contributed by atoms with Crippen LogP contribution >= 0.6 is 24.0 Å². The van der Waals surface area contributed by atoms with Crippen LogP contribution in [0.5, 0.6) is 0 Å². The normalized spacial score (nSPS) is 15.8. The molecule has 0 atom stereocenters. The number of benzene rings is 1. The Labute approximate surface area is 132 Å². The predicted molar refractivity (Wildman–Crippen MR) is 85.6 cm³/mol. The second kappa shape index (κ2) is 8.50. The van der Waals surface area contributed by atoms with Crippen molar-refractivity contribution < 1.29 is 4.79 Å². The molecule has 20 heavy (non-hydrogen) atoms. The Morgan fingerprint density at radius 1 is 1.30 bits per heavy atom. The Balaban J connectivity index is 0.00000200. The molecule has 1 aliphatic rings. The van der Waals surface area contributed by atoms with Crippen molar-refractivity contribution in [3.63, 3.8) is 0 Å². The third kappa shape index (κ3) is 4.97. The van der Waals surface area contributed by atoms with E-state index in [4.69, 9.17) is 11.6 Å². The predicted octanol–water partition coefficient (Wildman–Crippen LogP) is 2.76. The average Bonchev–Trinajstić information content (AvgIpc) is 2.42. The highest BCUT2D eigenvalue weighted by Gasteiger charge is 2.22. The molecular weight excluding hydrogens is 295 g/mol. The lowest BCUT2D eigenvalue weighted by Gasteiger charge is -2.32. The molecule has 1 saturated heterocycles. The minimum absolute atomic E-state index is 0. The number of carbonyl (C=O) groups is 1. The van der Waals surface area contributed by atoms with Crippen LogP contribution in [0.1, 0.15) is 18.4 Å². The van der Waals surface area contributed by atoms with Gasteiger partial charge in [0.1, 0.15) is 0 Å². The first-order valence-corrected chi connectivity index (χ1v) is 7.23. The molecule has 1 heterocycles. The molecule has 0 aliphatic carbocycles. The van der Waals surface area contributed by atoms with Crippen molar-refractivity contribution in [3.8, 4) is 0 Å². The molecule has 0 aromatic heterocycles. The van der Waals surface area contributed by atoms with Gasteiger partial charge in [-0.2, -0.15) is 0 Å². The summed E-state index contributed by atoms with van der Waals surface area (Å²) in [5, 5.41) is 3.92. The first-order chi connectivity index (χ1) is 9.19. The lowest BCUT2D eigenvalue weighted by Crippen LogP contribution is -2.41. The number of piperidine rings is 1. The molecule has 1 fully saturated rings. The summed E-state index contributed by atoms with van der Waals surface area (Å²) < 4.78 is 0. The highest BCUT2D eigenvalue weighted by Crippen LogP contribution is 2.18. The fraction of sp³-hybridized carbons (Fsp3) is 0.533. The molecular formula is C15H22Cl2N2O. The summed E-state index contributed by atoms with van der Waals surface area (Å²) >= 11 is 5.84. The fourth-order valence-electron chi connectivity index (χ4n) is 2.56. The summed E-state index contributed by atoms with van der Waals surface area (Å²) in [5.41, 5.74) is 1.03. The van der Waals surface area contributed by atoms with E-state index in [1.807, 2.05) is 36.2 Å². The number of hydrogen-bond acceptors (Lipinski definition) is 2. The van der Waals surface area contributed by atoms with Crippen molar-refractivity contribution in [2.45, 2.75) is 19.3 Å². The van der Waals surface area contributed by atoms with Crippen molar-refractivity contribution in [1.29, 1.82) is 0 Å². The zero-order valence-electron chi connectivity index (χ0n) is 11.8. The van der Waals surface area contributed by atoms with Gasteiger partial charge in [0.15, 0.2) is 0 Å². The maximum absolute atomic E-state index is 12.2. The highest BCUT2D eigenvalue weighted by molar-refractivity contribution is 6.30. The van der Waals surface area contributed by atoms with Gasteiger partial charge in [-0.3, -0.25) is 4.79 Å². The van der Waals surface area contributed by atoms with Crippen molar-refractivity contribution in [3.05, 3.63) is 34.9 Å². The molecule has 1 amide bonds. The van der Waals surface area contributed by atoms with E-state index in [2.05, 4.69) is 5.32 Å². The van der Waals surface area contributed by atoms with Crippen molar-refractivity contribution in [1.82, 2.24) is 10.2 Å². The molecule has 3 nitrogen and oxygen atoms in total. The number of halogens is 2. The quantitative estimate of drug-likeness (QED) is 0.926. The van der Waals surface area contributed by atoms with E-state index in [-0.39, 0.29) is 18.3 Å². The standard InChI is InChI=1S/C15H21ClN2O.ClH/c1-17-11-13-6-8-18(9-7-13)15(19)10-12-2-4-14(16)5-3-12;/h2-5,13,17H,6-11H2,1H3;1H. The molecule has 0 bridgehead atoms. The van der Waals surface area contributed by atoms with Crippen molar-refractivity contribution in [2.75, 3.05) is 26.7 Å². The molecule has 0 saturated carbocycles. The minimum Gasteiger partial charge on any atom is -0.342 e. The maximum Gasteiger partial charge on any atom is 0.226 e. The van der Waals surface area contributed by atoms with Crippen LogP contribution in [-0.2, 0) is 11.2 Å². The number of rotatable bonds is 4. The smallest absolute Gasteiger partial charge is 0.226 e. The van der Waals surface area contributed by atoms with Crippen LogP contribution < -0.4 is 5.32 Å². The summed E-state index contributed by atoms with van der Waals surface area (Å²) in [5.74, 6) is 0.940. The van der Waals surface area contributed by atoms with E-state index in [1.54, 1.807) is 0 Å². The number of carbonyl (C=O) groups excluding carboxylic acids is 1. The van der Waals surface area contributed by atoms with Crippen molar-refractivity contribution >= 4 is 29.9 Å². The number of amides is 1. The maximum atomic E-state index is 12.2. The molecule has 1 N–H and O–H groups in total. The molecule has 0 unspecified atom stereocenters. The molecule has 1 aliphatic heterocycles. The van der Waals surface area contributed by atoms with Gasteiger partial charge in [-0.1, -0.05) is 23.7 Å². The number of nitrogens with one attached hydrogen (secondary N) is 1. The fourth-order valence-corrected chi connectivity index (χ4v) is 2.69. The van der Waals surface area contributed by atoms with Gasteiger partial charge in [0.25, 0.3) is 0 Å². The molecule has 112 valence electrons. The molecule has 5 heteroatoms. The van der Waals surface area contributed by atoms with Crippen LogP contribution in [0.3, 0.4) is 0 Å². The Kier molecular flexibility index (Phi) is 7.35. The lowest BCUT2D eigenvalue weighted by atomic mass is 9.96. The topological polar surface area (TPSA) is 32.3 Å². The monoisotopic (exact) mass is 316 g/mol. The summed E-state index contributed by atoms with van der Waals surface area (Å²) in [6.07, 6.45) is 2.69. The van der Waals surface area contributed by atoms with E-state index in [0.717, 1.165) is 38.0 Å². The van der Waals surface area contributed by atoms with Crippen LogP contribution in [0.4, 0.5) is 0 Å². The van der Waals surface area contributed by atoms with E-state index in [0.29, 0.717) is 17.4 Å². The third-order valence-corrected chi connectivity index (χ3v) is 3.98. The summed E-state index contributed by atoms with van der Waals surface area (Å²) in [4.78, 5) is 14.2. The van der Waals surface area contributed by atoms with E-state index < -0.39 is 0 Å². The summed E-state index contributed by atoms with van der Waals surface area (Å²) in [6, 6.07) is 7.52. The summed E-state index contributed by atoms with van der Waals surface area (Å²) in [6.45, 7) is 2.83. The van der Waals surface area contributed by atoms with Gasteiger partial charge in [-0.25, -0.2) is 0 Å². The number of likely N-dealkylation sites (tertiary alicyclic amines) is 1. The van der Waals surface area contributed by atoms with Crippen molar-refractivity contribution in [2.24, 2.45) is 5.92 Å². The second-order valence-corrected chi connectivity index (χ2v) is 5.62. The molecule has 1 aromatic rings. The van der Waals surface area contributed by atoms with E-state index >= 15 is 0 Å². The first kappa shape index (κ1) is 17.3. The van der Waals surface area contributed by atoms with Gasteiger partial charge in [0, 0.05) is 18.1 Å². The molecule has 0 radical (unpaired) electrons. The van der Waals surface area contributed by atoms with Gasteiger partial charge in [-0.15, -0.1) is 12.4 Å². The molecule has 1 aromatic carbocycles. The lowest BCUT2D eigenvalue weighted by molar-refractivity contribution is -0.131. The second-order valence-electron chi connectivity index (χ2n) is 5.19. The Morgan fingerprint density at radius 2 is 1.90 bits per heavy atom. The SMILES string of the molecule is CNCC1CCN(C(=O)Cc2ccc(Cl)cc2)CC1.Cl. The minimum atomic E-state index is 0. The van der Waals surface area contributed by atoms with Crippen LogP contribution in [-0.4, -0.2) is 37.5 Å². The highest BCUT2D eigenvalue weighted by atomic mass is 35.5. The summed E-state index contributed by atoms with van der Waals surface area (Å²) in [7, 11) is 1.98. The zero-order chi connectivity index (χ0) is 13.7. The average molecular weight is 317 g/mol. The Morgan fingerprint density at radius 3 is 2.45 bits per heavy atom. The van der Waals surface area contributed by atoms with Crippen LogP contribution in [0.25, 0.3) is 0 Å². The zero-order valence-corrected chi connectivity index (χ0v) is 13.3. The number of nitrogens with zero attached hydrogens (tertiary/aromatic N) is 1. The van der Waals surface area contributed by atoms with Gasteiger partial charge in [-0.05, 0) is 50.0 Å². The Bertz CT molecular complexity index is 414. The van der Waals surface area contributed by atoms with Gasteiger partial charge >= 0.3 is 0 Å². The van der Waals surface area contributed by atoms with Crippen LogP contribution in [0.2, 0.25) is 5.02 Å². The molecule has 0 spiro atoms. The third-order valence-electron chi connectivity index (χ3n) is 3.73. The Hall–Kier alpha value is -0.770. The van der Waals surface area contributed by atoms with Gasteiger partial charge < -0.3 is 10.2 Å². The number of hydrogen-bond donors (Lipinski definition) is 1. The first-order valence-electron chi connectivity index (χ1n) is 6.86. The van der Waals surface area contributed by atoms with Gasteiger partial charge in [0.05, 0.1) is 6.42 Å². The van der Waals surface area contributed by atoms with Crippen LogP contribution in [0, 0.1) is 5.92 Å². The molecule has 2 rings (SSSR count). The van der Waals surface area contributed by atoms with E-state index in [9.17, 15) is 4.79 Å². The van der Waals surface area contributed by atoms with E-state index in [1.165, 1.54) is 0 Å². The van der Waals surface area contributed by atoms with Gasteiger partial charge in [0.2, 0.25) is 5.91 Å². The van der Waals surface area contributed by atoms with Crippen LogP contribution in [0.15, 0.2) is 24.3 Å². The largest absolute Gasteiger partial charge is 0.342 e.